The molecule has 5 heteroatoms. The smallest absolute Gasteiger partial charge is 0.226 e. The molecule has 1 N–H and O–H groups in total. The van der Waals surface area contributed by atoms with Crippen LogP contribution in [0, 0.1) is 0 Å². The Kier molecular flexibility index (Phi) is 6.64. The predicted molar refractivity (Wildman–Crippen MR) is 93.9 cm³/mol. The molecule has 0 aliphatic carbocycles. The summed E-state index contributed by atoms with van der Waals surface area (Å²) < 4.78 is 2.11. The van der Waals surface area contributed by atoms with Crippen molar-refractivity contribution in [2.45, 2.75) is 51.9 Å². The Balaban J connectivity index is 1.76. The lowest BCUT2D eigenvalue weighted by atomic mass is 10.1. The molecule has 0 aliphatic heterocycles. The fourth-order valence-corrected chi connectivity index (χ4v) is 3.63. The highest BCUT2D eigenvalue weighted by Crippen LogP contribution is 2.28. The van der Waals surface area contributed by atoms with Gasteiger partial charge in [-0.15, -0.1) is 0 Å². The van der Waals surface area contributed by atoms with Crippen LogP contribution >= 0.6 is 27.3 Å². The molecule has 1 heterocycles. The van der Waals surface area contributed by atoms with E-state index in [9.17, 15) is 4.79 Å². The molecule has 0 fully saturated rings. The van der Waals surface area contributed by atoms with Crippen molar-refractivity contribution in [2.24, 2.45) is 0 Å². The Labute approximate surface area is 138 Å². The lowest BCUT2D eigenvalue weighted by Gasteiger charge is -2.01. The van der Waals surface area contributed by atoms with Gasteiger partial charge in [0.15, 0.2) is 5.13 Å². The van der Waals surface area contributed by atoms with E-state index in [1.165, 1.54) is 37.0 Å². The summed E-state index contributed by atoms with van der Waals surface area (Å²) >= 11 is 4.96. The van der Waals surface area contributed by atoms with Gasteiger partial charge in [-0.3, -0.25) is 4.79 Å². The van der Waals surface area contributed by atoms with Crippen LogP contribution in [-0.2, 0) is 4.79 Å². The maximum Gasteiger partial charge on any atom is 0.226 e. The first-order valence-electron chi connectivity index (χ1n) is 7.55. The SMILES string of the molecule is CCCCCCCCC(=O)Nc1nc2ccc(Br)cc2s1. The molecule has 21 heavy (non-hydrogen) atoms. The quantitative estimate of drug-likeness (QED) is 0.602. The Morgan fingerprint density at radius 2 is 2.00 bits per heavy atom. The number of rotatable bonds is 8. The third kappa shape index (κ3) is 5.40. The van der Waals surface area contributed by atoms with E-state index in [1.54, 1.807) is 0 Å². The zero-order chi connectivity index (χ0) is 15.1. The average Bonchev–Trinajstić information content (AvgIpc) is 2.83. The van der Waals surface area contributed by atoms with Crippen molar-refractivity contribution in [1.29, 1.82) is 0 Å². The van der Waals surface area contributed by atoms with Gasteiger partial charge in [-0.25, -0.2) is 4.98 Å². The van der Waals surface area contributed by atoms with Gasteiger partial charge in [-0.05, 0) is 24.6 Å². The zero-order valence-corrected chi connectivity index (χ0v) is 14.7. The van der Waals surface area contributed by atoms with Gasteiger partial charge in [-0.2, -0.15) is 0 Å². The Hall–Kier alpha value is -0.940. The van der Waals surface area contributed by atoms with Crippen LogP contribution in [0.2, 0.25) is 0 Å². The van der Waals surface area contributed by atoms with Gasteiger partial charge < -0.3 is 5.32 Å². The normalized spacial score (nSPS) is 11.0. The molecule has 0 bridgehead atoms. The second-order valence-corrected chi connectivity index (χ2v) is 7.14. The number of halogens is 1. The van der Waals surface area contributed by atoms with Gasteiger partial charge in [0.05, 0.1) is 10.2 Å². The number of aromatic nitrogens is 1. The molecule has 0 unspecified atom stereocenters. The molecular weight excluding hydrogens is 348 g/mol. The number of thiazole rings is 1. The van der Waals surface area contributed by atoms with E-state index in [2.05, 4.69) is 33.2 Å². The summed E-state index contributed by atoms with van der Waals surface area (Å²) in [5.41, 5.74) is 0.929. The summed E-state index contributed by atoms with van der Waals surface area (Å²) in [6.45, 7) is 2.21. The van der Waals surface area contributed by atoms with Crippen molar-refractivity contribution in [3.63, 3.8) is 0 Å². The van der Waals surface area contributed by atoms with Gasteiger partial charge in [-0.1, -0.05) is 66.3 Å². The van der Waals surface area contributed by atoms with Crippen molar-refractivity contribution in [3.05, 3.63) is 22.7 Å². The van der Waals surface area contributed by atoms with Gasteiger partial charge in [0.25, 0.3) is 0 Å². The summed E-state index contributed by atoms with van der Waals surface area (Å²) in [4.78, 5) is 16.3. The van der Waals surface area contributed by atoms with Crippen molar-refractivity contribution >= 4 is 48.5 Å². The Bertz CT molecular complexity index is 597. The molecule has 0 saturated heterocycles. The first-order chi connectivity index (χ1) is 10.2. The summed E-state index contributed by atoms with van der Waals surface area (Å²) in [7, 11) is 0. The van der Waals surface area contributed by atoms with E-state index in [0.29, 0.717) is 11.6 Å². The highest BCUT2D eigenvalue weighted by Gasteiger charge is 2.07. The molecule has 3 nitrogen and oxygen atoms in total. The number of hydrogen-bond donors (Lipinski definition) is 1. The standard InChI is InChI=1S/C16H21BrN2OS/c1-2-3-4-5-6-7-8-15(20)19-16-18-13-10-9-12(17)11-14(13)21-16/h9-11H,2-8H2,1H3,(H,18,19,20). The van der Waals surface area contributed by atoms with E-state index in [-0.39, 0.29) is 5.91 Å². The number of nitrogens with one attached hydrogen (secondary N) is 1. The highest BCUT2D eigenvalue weighted by molar-refractivity contribution is 9.10. The van der Waals surface area contributed by atoms with Gasteiger partial charge in [0.1, 0.15) is 0 Å². The predicted octanol–water partition coefficient (Wildman–Crippen LogP) is 5.75. The minimum Gasteiger partial charge on any atom is -0.302 e. The summed E-state index contributed by atoms with van der Waals surface area (Å²) in [5, 5.41) is 3.60. The molecule has 0 radical (unpaired) electrons. The number of hydrogen-bond acceptors (Lipinski definition) is 3. The number of carbonyl (C=O) groups is 1. The number of anilines is 1. The van der Waals surface area contributed by atoms with Crippen LogP contribution in [0.25, 0.3) is 10.2 Å². The molecule has 1 aromatic heterocycles. The number of carbonyl (C=O) groups excluding carboxylic acids is 1. The average molecular weight is 369 g/mol. The summed E-state index contributed by atoms with van der Waals surface area (Å²) in [6.07, 6.45) is 7.76. The molecule has 114 valence electrons. The number of fused-ring (bicyclic) bond motifs is 1. The maximum atomic E-state index is 11.9. The van der Waals surface area contributed by atoms with E-state index in [0.717, 1.165) is 27.5 Å². The zero-order valence-electron chi connectivity index (χ0n) is 12.3. The molecule has 0 spiro atoms. The summed E-state index contributed by atoms with van der Waals surface area (Å²) in [6, 6.07) is 5.94. The van der Waals surface area contributed by atoms with Crippen LogP contribution in [0.3, 0.4) is 0 Å². The van der Waals surface area contributed by atoms with Crippen LogP contribution in [0.1, 0.15) is 51.9 Å². The Morgan fingerprint density at radius 1 is 1.24 bits per heavy atom. The van der Waals surface area contributed by atoms with Crippen LogP contribution in [-0.4, -0.2) is 10.9 Å². The number of benzene rings is 1. The van der Waals surface area contributed by atoms with Crippen molar-refractivity contribution in [2.75, 3.05) is 5.32 Å². The maximum absolute atomic E-state index is 11.9. The number of amides is 1. The molecule has 0 saturated carbocycles. The molecule has 0 aliphatic rings. The molecule has 1 aromatic carbocycles. The van der Waals surface area contributed by atoms with Gasteiger partial charge in [0.2, 0.25) is 5.91 Å². The third-order valence-corrected chi connectivity index (χ3v) is 4.78. The lowest BCUT2D eigenvalue weighted by Crippen LogP contribution is -2.10. The second-order valence-electron chi connectivity index (χ2n) is 5.20. The molecule has 2 aromatic rings. The Morgan fingerprint density at radius 3 is 2.81 bits per heavy atom. The van der Waals surface area contributed by atoms with Crippen LogP contribution in [0.5, 0.6) is 0 Å². The lowest BCUT2D eigenvalue weighted by molar-refractivity contribution is -0.116. The second kappa shape index (κ2) is 8.49. The van der Waals surface area contributed by atoms with Crippen molar-refractivity contribution in [1.82, 2.24) is 4.98 Å². The fraction of sp³-hybridized carbons (Fsp3) is 0.500. The summed E-state index contributed by atoms with van der Waals surface area (Å²) in [5.74, 6) is 0.0728. The minimum absolute atomic E-state index is 0.0728. The van der Waals surface area contributed by atoms with E-state index >= 15 is 0 Å². The van der Waals surface area contributed by atoms with Crippen molar-refractivity contribution < 1.29 is 4.79 Å². The topological polar surface area (TPSA) is 42.0 Å². The number of unbranched alkanes of at least 4 members (excludes halogenated alkanes) is 5. The van der Waals surface area contributed by atoms with Gasteiger partial charge >= 0.3 is 0 Å². The monoisotopic (exact) mass is 368 g/mol. The first-order valence-corrected chi connectivity index (χ1v) is 9.16. The van der Waals surface area contributed by atoms with Gasteiger partial charge in [0, 0.05) is 10.9 Å². The fourth-order valence-electron chi connectivity index (χ4n) is 2.20. The molecule has 0 atom stereocenters. The minimum atomic E-state index is 0.0728. The van der Waals surface area contributed by atoms with Crippen LogP contribution in [0.15, 0.2) is 22.7 Å². The third-order valence-electron chi connectivity index (χ3n) is 3.35. The highest BCUT2D eigenvalue weighted by atomic mass is 79.9. The molecular formula is C16H21BrN2OS. The van der Waals surface area contributed by atoms with E-state index in [4.69, 9.17) is 0 Å². The van der Waals surface area contributed by atoms with Crippen molar-refractivity contribution in [3.8, 4) is 0 Å². The van der Waals surface area contributed by atoms with E-state index in [1.807, 2.05) is 18.2 Å². The molecule has 1 amide bonds. The van der Waals surface area contributed by atoms with Crippen LogP contribution < -0.4 is 5.32 Å². The first kappa shape index (κ1) is 16.4. The van der Waals surface area contributed by atoms with Crippen LogP contribution in [0.4, 0.5) is 5.13 Å². The van der Waals surface area contributed by atoms with E-state index < -0.39 is 0 Å². The number of nitrogens with zero attached hydrogens (tertiary/aromatic N) is 1. The molecule has 2 rings (SSSR count). The largest absolute Gasteiger partial charge is 0.302 e.